The Balaban J connectivity index is 1.83. The van der Waals surface area contributed by atoms with Gasteiger partial charge in [-0.2, -0.15) is 5.26 Å². The highest BCUT2D eigenvalue weighted by molar-refractivity contribution is 4.99. The molecule has 0 aromatic carbocycles. The van der Waals surface area contributed by atoms with E-state index in [1.165, 1.54) is 6.42 Å². The standard InChI is InChI=1S/C10H14N4/c11-4-8-2-1-3-10(8)13-6-9-5-12-7-14-9/h5,7-8,10,13H,1-3,6H2,(H,12,14). The number of imidazole rings is 1. The van der Waals surface area contributed by atoms with Gasteiger partial charge < -0.3 is 10.3 Å². The van der Waals surface area contributed by atoms with Gasteiger partial charge in [0, 0.05) is 24.5 Å². The molecular weight excluding hydrogens is 176 g/mol. The Morgan fingerprint density at radius 2 is 2.57 bits per heavy atom. The van der Waals surface area contributed by atoms with E-state index in [1.807, 2.05) is 6.20 Å². The predicted molar refractivity (Wildman–Crippen MR) is 52.2 cm³/mol. The van der Waals surface area contributed by atoms with Gasteiger partial charge in [-0.15, -0.1) is 0 Å². The quantitative estimate of drug-likeness (QED) is 0.752. The van der Waals surface area contributed by atoms with Crippen LogP contribution < -0.4 is 5.32 Å². The lowest BCUT2D eigenvalue weighted by Crippen LogP contribution is -2.31. The molecule has 1 heterocycles. The van der Waals surface area contributed by atoms with Gasteiger partial charge in [-0.1, -0.05) is 6.42 Å². The van der Waals surface area contributed by atoms with Crippen LogP contribution in [0, 0.1) is 17.2 Å². The molecular formula is C10H14N4. The average molecular weight is 190 g/mol. The molecule has 1 fully saturated rings. The van der Waals surface area contributed by atoms with Crippen molar-refractivity contribution in [1.29, 1.82) is 5.26 Å². The summed E-state index contributed by atoms with van der Waals surface area (Å²) in [6, 6.07) is 2.72. The molecule has 74 valence electrons. The van der Waals surface area contributed by atoms with Gasteiger partial charge in [0.1, 0.15) is 0 Å². The van der Waals surface area contributed by atoms with Gasteiger partial charge in [-0.05, 0) is 12.8 Å². The van der Waals surface area contributed by atoms with Crippen molar-refractivity contribution in [3.05, 3.63) is 18.2 Å². The number of H-pyrrole nitrogens is 1. The molecule has 1 aliphatic carbocycles. The number of aromatic amines is 1. The van der Waals surface area contributed by atoms with E-state index >= 15 is 0 Å². The molecule has 14 heavy (non-hydrogen) atoms. The summed E-state index contributed by atoms with van der Waals surface area (Å²) in [6.07, 6.45) is 6.80. The van der Waals surface area contributed by atoms with E-state index in [-0.39, 0.29) is 5.92 Å². The number of hydrogen-bond donors (Lipinski definition) is 2. The van der Waals surface area contributed by atoms with Crippen LogP contribution in [0.5, 0.6) is 0 Å². The first-order chi connectivity index (χ1) is 6.90. The smallest absolute Gasteiger partial charge is 0.0922 e. The molecule has 2 N–H and O–H groups in total. The fraction of sp³-hybridized carbons (Fsp3) is 0.600. The number of hydrogen-bond acceptors (Lipinski definition) is 3. The largest absolute Gasteiger partial charge is 0.347 e. The van der Waals surface area contributed by atoms with E-state index in [0.717, 1.165) is 25.1 Å². The molecule has 0 radical (unpaired) electrons. The molecule has 2 unspecified atom stereocenters. The second-order valence-corrected chi connectivity index (χ2v) is 3.73. The molecule has 0 saturated heterocycles. The molecule has 4 nitrogen and oxygen atoms in total. The van der Waals surface area contributed by atoms with Crippen LogP contribution in [0.1, 0.15) is 25.0 Å². The van der Waals surface area contributed by atoms with Crippen LogP contribution >= 0.6 is 0 Å². The van der Waals surface area contributed by atoms with E-state index in [0.29, 0.717) is 6.04 Å². The van der Waals surface area contributed by atoms with Crippen LogP contribution in [-0.4, -0.2) is 16.0 Å². The first-order valence-corrected chi connectivity index (χ1v) is 5.00. The molecule has 1 aromatic heterocycles. The summed E-state index contributed by atoms with van der Waals surface area (Å²) in [5, 5.41) is 12.3. The highest BCUT2D eigenvalue weighted by Crippen LogP contribution is 2.24. The van der Waals surface area contributed by atoms with E-state index < -0.39 is 0 Å². The van der Waals surface area contributed by atoms with Crippen molar-refractivity contribution in [3.8, 4) is 6.07 Å². The van der Waals surface area contributed by atoms with E-state index in [2.05, 4.69) is 21.4 Å². The molecule has 0 bridgehead atoms. The van der Waals surface area contributed by atoms with Crippen LogP contribution in [0.15, 0.2) is 12.5 Å². The predicted octanol–water partition coefficient (Wildman–Crippen LogP) is 1.19. The first-order valence-electron chi connectivity index (χ1n) is 5.00. The monoisotopic (exact) mass is 190 g/mol. The minimum absolute atomic E-state index is 0.193. The van der Waals surface area contributed by atoms with Crippen LogP contribution in [0.2, 0.25) is 0 Å². The maximum Gasteiger partial charge on any atom is 0.0922 e. The van der Waals surface area contributed by atoms with Crippen LogP contribution in [0.25, 0.3) is 0 Å². The SMILES string of the molecule is N#CC1CCCC1NCc1cnc[nH]1. The molecule has 2 atom stereocenters. The molecule has 0 spiro atoms. The van der Waals surface area contributed by atoms with Crippen molar-refractivity contribution >= 4 is 0 Å². The average Bonchev–Trinajstić information content (AvgIpc) is 2.85. The van der Waals surface area contributed by atoms with Crippen LogP contribution in [0.4, 0.5) is 0 Å². The third-order valence-corrected chi connectivity index (χ3v) is 2.79. The summed E-state index contributed by atoms with van der Waals surface area (Å²) >= 11 is 0. The third-order valence-electron chi connectivity index (χ3n) is 2.79. The van der Waals surface area contributed by atoms with Gasteiger partial charge >= 0.3 is 0 Å². The first kappa shape index (κ1) is 9.22. The molecule has 1 saturated carbocycles. The Kier molecular flexibility index (Phi) is 2.80. The summed E-state index contributed by atoms with van der Waals surface area (Å²) in [6.45, 7) is 0.781. The van der Waals surface area contributed by atoms with Gasteiger partial charge in [-0.3, -0.25) is 0 Å². The molecule has 1 aliphatic rings. The van der Waals surface area contributed by atoms with Crippen molar-refractivity contribution in [3.63, 3.8) is 0 Å². The van der Waals surface area contributed by atoms with E-state index in [4.69, 9.17) is 5.26 Å². The zero-order valence-corrected chi connectivity index (χ0v) is 8.03. The van der Waals surface area contributed by atoms with E-state index in [1.54, 1.807) is 6.33 Å². The normalized spacial score (nSPS) is 26.2. The van der Waals surface area contributed by atoms with Crippen molar-refractivity contribution in [2.75, 3.05) is 0 Å². The Morgan fingerprint density at radius 3 is 3.29 bits per heavy atom. The molecule has 1 aromatic rings. The molecule has 2 rings (SSSR count). The zero-order valence-electron chi connectivity index (χ0n) is 8.03. The topological polar surface area (TPSA) is 64.5 Å². The van der Waals surface area contributed by atoms with Gasteiger partial charge in [0.15, 0.2) is 0 Å². The van der Waals surface area contributed by atoms with Gasteiger partial charge in [0.2, 0.25) is 0 Å². The lowest BCUT2D eigenvalue weighted by molar-refractivity contribution is 0.462. The number of aromatic nitrogens is 2. The maximum absolute atomic E-state index is 8.88. The van der Waals surface area contributed by atoms with Crippen molar-refractivity contribution in [2.45, 2.75) is 31.8 Å². The van der Waals surface area contributed by atoms with Crippen LogP contribution in [0.3, 0.4) is 0 Å². The summed E-state index contributed by atoms with van der Waals surface area (Å²) in [7, 11) is 0. The minimum atomic E-state index is 0.193. The van der Waals surface area contributed by atoms with Crippen molar-refractivity contribution in [1.82, 2.24) is 15.3 Å². The summed E-state index contributed by atoms with van der Waals surface area (Å²) in [5.74, 6) is 0.193. The second kappa shape index (κ2) is 4.25. The highest BCUT2D eigenvalue weighted by Gasteiger charge is 2.26. The summed E-state index contributed by atoms with van der Waals surface area (Å²) in [4.78, 5) is 6.98. The fourth-order valence-electron chi connectivity index (χ4n) is 1.98. The Labute approximate surface area is 83.4 Å². The van der Waals surface area contributed by atoms with Crippen molar-refractivity contribution in [2.24, 2.45) is 5.92 Å². The van der Waals surface area contributed by atoms with Crippen molar-refractivity contribution < 1.29 is 0 Å². The number of nitriles is 1. The Hall–Kier alpha value is -1.34. The van der Waals surface area contributed by atoms with Crippen LogP contribution in [-0.2, 0) is 6.54 Å². The highest BCUT2D eigenvalue weighted by atomic mass is 15.0. The third kappa shape index (κ3) is 1.94. The number of nitrogens with zero attached hydrogens (tertiary/aromatic N) is 2. The summed E-state index contributed by atoms with van der Waals surface area (Å²) < 4.78 is 0. The minimum Gasteiger partial charge on any atom is -0.347 e. The molecule has 0 aliphatic heterocycles. The second-order valence-electron chi connectivity index (χ2n) is 3.73. The maximum atomic E-state index is 8.88. The lowest BCUT2D eigenvalue weighted by Gasteiger charge is -2.14. The molecule has 4 heteroatoms. The lowest BCUT2D eigenvalue weighted by atomic mass is 10.1. The molecule has 0 amide bonds. The Bertz CT molecular complexity index is 311. The van der Waals surface area contributed by atoms with Gasteiger partial charge in [0.05, 0.1) is 18.3 Å². The van der Waals surface area contributed by atoms with Gasteiger partial charge in [-0.25, -0.2) is 4.98 Å². The number of rotatable bonds is 3. The van der Waals surface area contributed by atoms with Gasteiger partial charge in [0.25, 0.3) is 0 Å². The zero-order chi connectivity index (χ0) is 9.80. The number of nitrogens with one attached hydrogen (secondary N) is 2. The summed E-state index contributed by atoms with van der Waals surface area (Å²) in [5.41, 5.74) is 1.08. The fourth-order valence-corrected chi connectivity index (χ4v) is 1.98. The van der Waals surface area contributed by atoms with E-state index in [9.17, 15) is 0 Å². The Morgan fingerprint density at radius 1 is 1.64 bits per heavy atom.